The molecule has 0 radical (unpaired) electrons. The number of carbonyl (C=O) groups is 1. The van der Waals surface area contributed by atoms with Gasteiger partial charge in [0.05, 0.1) is 17.7 Å². The van der Waals surface area contributed by atoms with E-state index in [-0.39, 0.29) is 18.7 Å². The van der Waals surface area contributed by atoms with Gasteiger partial charge in [-0.2, -0.15) is 5.26 Å². The fourth-order valence-corrected chi connectivity index (χ4v) is 4.84. The lowest BCUT2D eigenvalue weighted by molar-refractivity contribution is -0.128. The van der Waals surface area contributed by atoms with Crippen molar-refractivity contribution in [3.8, 4) is 17.6 Å². The number of fused-ring (bicyclic) bond motifs is 4. The Bertz CT molecular complexity index is 1480. The third kappa shape index (κ3) is 3.39. The summed E-state index contributed by atoms with van der Waals surface area (Å²) < 4.78 is 11.1. The van der Waals surface area contributed by atoms with Crippen LogP contribution in [0.1, 0.15) is 34.0 Å². The topological polar surface area (TPSA) is 78.4 Å². The Hall–Kier alpha value is -4.50. The Morgan fingerprint density at radius 1 is 1.06 bits per heavy atom. The normalized spacial score (nSPS) is 16.6. The SMILES string of the molecule is N#Cc1ccc(C=CC(=O)N2CCc3c([nH]c4ccccc34)C2c2ccc3c(c2)OCO3)cc1. The average Bonchev–Trinajstić information content (AvgIpc) is 3.51. The molecule has 0 aliphatic carbocycles. The first kappa shape index (κ1) is 20.1. The largest absolute Gasteiger partial charge is 0.454 e. The molecule has 166 valence electrons. The van der Waals surface area contributed by atoms with E-state index in [2.05, 4.69) is 23.2 Å². The van der Waals surface area contributed by atoms with Gasteiger partial charge in [0.1, 0.15) is 0 Å². The maximum Gasteiger partial charge on any atom is 0.247 e. The van der Waals surface area contributed by atoms with Gasteiger partial charge in [0.25, 0.3) is 0 Å². The molecule has 1 amide bonds. The van der Waals surface area contributed by atoms with Crippen LogP contribution in [-0.2, 0) is 11.2 Å². The molecule has 4 aromatic rings. The lowest BCUT2D eigenvalue weighted by atomic mass is 9.92. The second kappa shape index (κ2) is 8.13. The van der Waals surface area contributed by atoms with Crippen molar-refractivity contribution in [2.24, 2.45) is 0 Å². The molecule has 0 saturated carbocycles. The molecule has 34 heavy (non-hydrogen) atoms. The van der Waals surface area contributed by atoms with Crippen molar-refractivity contribution in [3.05, 3.63) is 101 Å². The van der Waals surface area contributed by atoms with E-state index in [1.54, 1.807) is 24.3 Å². The van der Waals surface area contributed by atoms with E-state index in [0.29, 0.717) is 17.9 Å². The van der Waals surface area contributed by atoms with E-state index in [1.165, 1.54) is 10.9 Å². The number of para-hydroxylation sites is 1. The summed E-state index contributed by atoms with van der Waals surface area (Å²) in [5, 5.41) is 10.2. The zero-order valence-corrected chi connectivity index (χ0v) is 18.3. The number of nitrogens with one attached hydrogen (secondary N) is 1. The summed E-state index contributed by atoms with van der Waals surface area (Å²) in [5.41, 5.74) is 5.78. The molecule has 6 rings (SSSR count). The Morgan fingerprint density at radius 3 is 2.74 bits per heavy atom. The molecule has 2 aliphatic rings. The van der Waals surface area contributed by atoms with E-state index >= 15 is 0 Å². The average molecular weight is 447 g/mol. The predicted octanol–water partition coefficient (Wildman–Crippen LogP) is 4.96. The molecule has 6 nitrogen and oxygen atoms in total. The standard InChI is InChI=1S/C28H21N3O3/c29-16-19-7-5-18(6-8-19)9-12-26(32)31-14-13-22-21-3-1-2-4-23(21)30-27(22)28(31)20-10-11-24-25(15-20)34-17-33-24/h1-12,15,28,30H,13-14,17H2. The van der Waals surface area contributed by atoms with Gasteiger partial charge in [-0.25, -0.2) is 0 Å². The van der Waals surface area contributed by atoms with E-state index < -0.39 is 0 Å². The number of nitrogens with zero attached hydrogens (tertiary/aromatic N) is 2. The quantitative estimate of drug-likeness (QED) is 0.451. The van der Waals surface area contributed by atoms with Crippen LogP contribution in [0.25, 0.3) is 17.0 Å². The van der Waals surface area contributed by atoms with Crippen molar-refractivity contribution < 1.29 is 14.3 Å². The molecular formula is C28H21N3O3. The molecule has 0 saturated heterocycles. The number of benzene rings is 3. The zero-order valence-electron chi connectivity index (χ0n) is 18.3. The maximum atomic E-state index is 13.5. The number of aromatic amines is 1. The van der Waals surface area contributed by atoms with Gasteiger partial charge in [-0.05, 0) is 59.5 Å². The van der Waals surface area contributed by atoms with Crippen LogP contribution < -0.4 is 9.47 Å². The van der Waals surface area contributed by atoms with Crippen molar-refractivity contribution >= 4 is 22.9 Å². The number of rotatable bonds is 3. The van der Waals surface area contributed by atoms with Crippen LogP contribution in [0.5, 0.6) is 11.5 Å². The highest BCUT2D eigenvalue weighted by atomic mass is 16.7. The van der Waals surface area contributed by atoms with E-state index in [4.69, 9.17) is 14.7 Å². The molecule has 1 N–H and O–H groups in total. The van der Waals surface area contributed by atoms with Gasteiger partial charge in [-0.1, -0.05) is 36.4 Å². The minimum absolute atomic E-state index is 0.0728. The minimum Gasteiger partial charge on any atom is -0.454 e. The second-order valence-corrected chi connectivity index (χ2v) is 8.43. The molecular weight excluding hydrogens is 426 g/mol. The second-order valence-electron chi connectivity index (χ2n) is 8.43. The lowest BCUT2D eigenvalue weighted by Gasteiger charge is -2.35. The highest BCUT2D eigenvalue weighted by Gasteiger charge is 2.34. The number of carbonyl (C=O) groups excluding carboxylic acids is 1. The van der Waals surface area contributed by atoms with Gasteiger partial charge in [-0.3, -0.25) is 4.79 Å². The monoisotopic (exact) mass is 447 g/mol. The summed E-state index contributed by atoms with van der Waals surface area (Å²) in [5.74, 6) is 1.34. The molecule has 2 aliphatic heterocycles. The molecule has 0 spiro atoms. The Kier molecular flexibility index (Phi) is 4.81. The first-order chi connectivity index (χ1) is 16.7. The van der Waals surface area contributed by atoms with Crippen molar-refractivity contribution in [1.82, 2.24) is 9.88 Å². The van der Waals surface area contributed by atoms with Crippen LogP contribution in [0, 0.1) is 11.3 Å². The molecule has 1 unspecified atom stereocenters. The van der Waals surface area contributed by atoms with Crippen LogP contribution in [0.2, 0.25) is 0 Å². The number of H-pyrrole nitrogens is 1. The predicted molar refractivity (Wildman–Crippen MR) is 128 cm³/mol. The zero-order chi connectivity index (χ0) is 23.1. The van der Waals surface area contributed by atoms with Crippen molar-refractivity contribution in [3.63, 3.8) is 0 Å². The number of aromatic nitrogens is 1. The van der Waals surface area contributed by atoms with Gasteiger partial charge in [0.2, 0.25) is 12.7 Å². The van der Waals surface area contributed by atoms with E-state index in [9.17, 15) is 4.79 Å². The third-order valence-corrected chi connectivity index (χ3v) is 6.49. The van der Waals surface area contributed by atoms with Gasteiger partial charge in [0, 0.05) is 29.2 Å². The number of ether oxygens (including phenoxy) is 2. The summed E-state index contributed by atoms with van der Waals surface area (Å²) >= 11 is 0. The van der Waals surface area contributed by atoms with Crippen LogP contribution in [0.4, 0.5) is 0 Å². The van der Waals surface area contributed by atoms with Crippen molar-refractivity contribution in [2.45, 2.75) is 12.5 Å². The van der Waals surface area contributed by atoms with Crippen LogP contribution in [0.3, 0.4) is 0 Å². The molecule has 6 heteroatoms. The molecule has 1 atom stereocenters. The van der Waals surface area contributed by atoms with Gasteiger partial charge in [-0.15, -0.1) is 0 Å². The maximum absolute atomic E-state index is 13.5. The van der Waals surface area contributed by atoms with Crippen molar-refractivity contribution in [2.75, 3.05) is 13.3 Å². The van der Waals surface area contributed by atoms with Crippen LogP contribution in [0.15, 0.2) is 72.8 Å². The highest BCUT2D eigenvalue weighted by molar-refractivity contribution is 5.93. The number of nitriles is 1. The summed E-state index contributed by atoms with van der Waals surface area (Å²) in [6, 6.07) is 23.1. The van der Waals surface area contributed by atoms with Crippen LogP contribution >= 0.6 is 0 Å². The fraction of sp³-hybridized carbons (Fsp3) is 0.143. The summed E-state index contributed by atoms with van der Waals surface area (Å²) in [6.07, 6.45) is 4.17. The Morgan fingerprint density at radius 2 is 1.88 bits per heavy atom. The number of hydrogen-bond acceptors (Lipinski definition) is 4. The van der Waals surface area contributed by atoms with Crippen LogP contribution in [-0.4, -0.2) is 29.1 Å². The Balaban J connectivity index is 1.40. The fourth-order valence-electron chi connectivity index (χ4n) is 4.84. The van der Waals surface area contributed by atoms with Gasteiger partial charge < -0.3 is 19.4 Å². The lowest BCUT2D eigenvalue weighted by Crippen LogP contribution is -2.39. The number of hydrogen-bond donors (Lipinski definition) is 1. The first-order valence-electron chi connectivity index (χ1n) is 11.2. The Labute approximate surface area is 196 Å². The summed E-state index contributed by atoms with van der Waals surface area (Å²) in [7, 11) is 0. The highest BCUT2D eigenvalue weighted by Crippen LogP contribution is 2.42. The smallest absolute Gasteiger partial charge is 0.247 e. The molecule has 3 aromatic carbocycles. The minimum atomic E-state index is -0.274. The molecule has 0 bridgehead atoms. The third-order valence-electron chi connectivity index (χ3n) is 6.49. The van der Waals surface area contributed by atoms with Gasteiger partial charge in [0.15, 0.2) is 11.5 Å². The van der Waals surface area contributed by atoms with E-state index in [0.717, 1.165) is 34.5 Å². The summed E-state index contributed by atoms with van der Waals surface area (Å²) in [4.78, 5) is 18.9. The van der Waals surface area contributed by atoms with Crippen molar-refractivity contribution in [1.29, 1.82) is 5.26 Å². The van der Waals surface area contributed by atoms with Gasteiger partial charge >= 0.3 is 0 Å². The molecule has 1 aromatic heterocycles. The van der Waals surface area contributed by atoms with E-state index in [1.807, 2.05) is 47.4 Å². The molecule has 0 fully saturated rings. The number of amides is 1. The first-order valence-corrected chi connectivity index (χ1v) is 11.2. The molecule has 3 heterocycles. The summed E-state index contributed by atoms with van der Waals surface area (Å²) in [6.45, 7) is 0.807.